The highest BCUT2D eigenvalue weighted by Crippen LogP contribution is 2.04. The maximum atomic E-state index is 11.2. The molecule has 0 saturated carbocycles. The van der Waals surface area contributed by atoms with Crippen LogP contribution in [0.1, 0.15) is 19.8 Å². The van der Waals surface area contributed by atoms with Crippen LogP contribution in [-0.2, 0) is 14.4 Å². The van der Waals surface area contributed by atoms with E-state index in [0.717, 1.165) is 0 Å². The Hall–Kier alpha value is -1.43. The quantitative estimate of drug-likeness (QED) is 0.566. The van der Waals surface area contributed by atoms with Crippen LogP contribution in [0.2, 0.25) is 0 Å². The van der Waals surface area contributed by atoms with Crippen molar-refractivity contribution in [2.45, 2.75) is 19.8 Å². The van der Waals surface area contributed by atoms with E-state index in [1.54, 1.807) is 0 Å². The highest BCUT2D eigenvalue weighted by Gasteiger charge is 2.18. The number of likely N-dealkylation sites (tertiary alicyclic amines) is 1. The van der Waals surface area contributed by atoms with Gasteiger partial charge in [-0.2, -0.15) is 0 Å². The normalized spacial score (nSPS) is 17.3. The van der Waals surface area contributed by atoms with Crippen molar-refractivity contribution in [1.29, 1.82) is 0 Å². The van der Waals surface area contributed by atoms with Crippen LogP contribution in [0.5, 0.6) is 0 Å². The van der Waals surface area contributed by atoms with Gasteiger partial charge in [0.25, 0.3) is 5.91 Å². The van der Waals surface area contributed by atoms with E-state index in [2.05, 4.69) is 10.9 Å². The highest BCUT2D eigenvalue weighted by molar-refractivity contribution is 5.83. The topological polar surface area (TPSA) is 78.5 Å². The molecule has 1 fully saturated rings. The van der Waals surface area contributed by atoms with Crippen LogP contribution in [-0.4, -0.2) is 42.1 Å². The van der Waals surface area contributed by atoms with Gasteiger partial charge in [0.1, 0.15) is 5.78 Å². The lowest BCUT2D eigenvalue weighted by Gasteiger charge is -2.24. The third-order valence-electron chi connectivity index (χ3n) is 2.16. The maximum Gasteiger partial charge on any atom is 0.252 e. The Morgan fingerprint density at radius 2 is 1.87 bits per heavy atom. The molecule has 2 N–H and O–H groups in total. The number of hydrazine groups is 1. The fourth-order valence-electron chi connectivity index (χ4n) is 1.36. The lowest BCUT2D eigenvalue weighted by Crippen LogP contribution is -2.47. The van der Waals surface area contributed by atoms with Crippen LogP contribution in [0.25, 0.3) is 0 Å². The number of Topliss-reactive ketones (excluding diaryl/α,β-unsaturated/α-hetero) is 1. The SMILES string of the molecule is CC(=O)NNC(=O)CN1CCC(=O)CC1. The van der Waals surface area contributed by atoms with Crippen molar-refractivity contribution >= 4 is 17.6 Å². The van der Waals surface area contributed by atoms with Crippen LogP contribution in [0, 0.1) is 0 Å². The third-order valence-corrected chi connectivity index (χ3v) is 2.16. The molecule has 1 aliphatic heterocycles. The van der Waals surface area contributed by atoms with Crippen LogP contribution >= 0.6 is 0 Å². The molecule has 1 rings (SSSR count). The largest absolute Gasteiger partial charge is 0.300 e. The van der Waals surface area contributed by atoms with E-state index in [9.17, 15) is 14.4 Å². The first kappa shape index (κ1) is 11.6. The molecular weight excluding hydrogens is 198 g/mol. The van der Waals surface area contributed by atoms with E-state index in [0.29, 0.717) is 25.9 Å². The van der Waals surface area contributed by atoms with Crippen molar-refractivity contribution in [3.63, 3.8) is 0 Å². The molecule has 0 radical (unpaired) electrons. The summed E-state index contributed by atoms with van der Waals surface area (Å²) >= 11 is 0. The van der Waals surface area contributed by atoms with Crippen molar-refractivity contribution in [2.24, 2.45) is 0 Å². The number of carbonyl (C=O) groups is 3. The number of hydrogen-bond acceptors (Lipinski definition) is 4. The molecule has 0 unspecified atom stereocenters. The molecule has 0 atom stereocenters. The number of nitrogens with zero attached hydrogens (tertiary/aromatic N) is 1. The fraction of sp³-hybridized carbons (Fsp3) is 0.667. The summed E-state index contributed by atoms with van der Waals surface area (Å²) in [4.78, 5) is 34.6. The number of amides is 2. The predicted molar refractivity (Wildman–Crippen MR) is 52.6 cm³/mol. The van der Waals surface area contributed by atoms with E-state index in [-0.39, 0.29) is 24.1 Å². The van der Waals surface area contributed by atoms with Crippen molar-refractivity contribution in [3.8, 4) is 0 Å². The summed E-state index contributed by atoms with van der Waals surface area (Å²) in [6, 6.07) is 0. The molecule has 2 amide bonds. The summed E-state index contributed by atoms with van der Waals surface area (Å²) in [5.41, 5.74) is 4.49. The summed E-state index contributed by atoms with van der Waals surface area (Å²) in [6.45, 7) is 2.77. The molecule has 0 spiro atoms. The highest BCUT2D eigenvalue weighted by atomic mass is 16.2. The summed E-state index contributed by atoms with van der Waals surface area (Å²) in [5, 5.41) is 0. The van der Waals surface area contributed by atoms with Gasteiger partial charge in [-0.1, -0.05) is 0 Å². The molecule has 6 heteroatoms. The molecular formula is C9H15N3O3. The lowest BCUT2D eigenvalue weighted by molar-refractivity contribution is -0.129. The number of carbonyl (C=O) groups excluding carboxylic acids is 3. The van der Waals surface area contributed by atoms with Crippen LogP contribution in [0.15, 0.2) is 0 Å². The number of hydrogen-bond donors (Lipinski definition) is 2. The molecule has 6 nitrogen and oxygen atoms in total. The Kier molecular flexibility index (Phi) is 4.23. The number of ketones is 1. The van der Waals surface area contributed by atoms with Crippen molar-refractivity contribution in [3.05, 3.63) is 0 Å². The van der Waals surface area contributed by atoms with E-state index in [4.69, 9.17) is 0 Å². The fourth-order valence-corrected chi connectivity index (χ4v) is 1.36. The minimum absolute atomic E-state index is 0.216. The van der Waals surface area contributed by atoms with Crippen LogP contribution in [0.3, 0.4) is 0 Å². The molecule has 0 aromatic rings. The zero-order valence-electron chi connectivity index (χ0n) is 8.71. The summed E-state index contributed by atoms with van der Waals surface area (Å²) in [6.07, 6.45) is 1.01. The van der Waals surface area contributed by atoms with Gasteiger partial charge in [0.05, 0.1) is 6.54 Å². The Labute approximate surface area is 88.0 Å². The monoisotopic (exact) mass is 213 g/mol. The van der Waals surface area contributed by atoms with Crippen molar-refractivity contribution in [2.75, 3.05) is 19.6 Å². The van der Waals surface area contributed by atoms with Crippen molar-refractivity contribution in [1.82, 2.24) is 15.8 Å². The van der Waals surface area contributed by atoms with Crippen molar-refractivity contribution < 1.29 is 14.4 Å². The van der Waals surface area contributed by atoms with Gasteiger partial charge < -0.3 is 0 Å². The molecule has 0 bridgehead atoms. The predicted octanol–water partition coefficient (Wildman–Crippen LogP) is -1.18. The lowest BCUT2D eigenvalue weighted by atomic mass is 10.1. The maximum absolute atomic E-state index is 11.2. The first-order valence-corrected chi connectivity index (χ1v) is 4.87. The zero-order chi connectivity index (χ0) is 11.3. The number of rotatable bonds is 2. The molecule has 1 heterocycles. The number of piperidine rings is 1. The van der Waals surface area contributed by atoms with Gasteiger partial charge in [-0.15, -0.1) is 0 Å². The third kappa shape index (κ3) is 4.55. The van der Waals surface area contributed by atoms with Gasteiger partial charge in [-0.25, -0.2) is 0 Å². The summed E-state index contributed by atoms with van der Waals surface area (Å²) in [5.74, 6) is -0.328. The second kappa shape index (κ2) is 5.45. The van der Waals surface area contributed by atoms with Gasteiger partial charge in [-0.05, 0) is 0 Å². The Bertz CT molecular complexity index is 268. The molecule has 0 aliphatic carbocycles. The van der Waals surface area contributed by atoms with Gasteiger partial charge >= 0.3 is 0 Å². The van der Waals surface area contributed by atoms with Gasteiger partial charge in [-0.3, -0.25) is 30.1 Å². The minimum atomic E-state index is -0.308. The minimum Gasteiger partial charge on any atom is -0.300 e. The van der Waals surface area contributed by atoms with E-state index in [1.165, 1.54) is 6.92 Å². The van der Waals surface area contributed by atoms with Gasteiger partial charge in [0.2, 0.25) is 5.91 Å². The van der Waals surface area contributed by atoms with Crippen LogP contribution in [0.4, 0.5) is 0 Å². The van der Waals surface area contributed by atoms with E-state index < -0.39 is 0 Å². The van der Waals surface area contributed by atoms with Gasteiger partial charge in [0.15, 0.2) is 0 Å². The standard InChI is InChI=1S/C9H15N3O3/c1-7(13)10-11-9(15)6-12-4-2-8(14)3-5-12/h2-6H2,1H3,(H,10,13)(H,11,15). The first-order valence-electron chi connectivity index (χ1n) is 4.87. The second-order valence-corrected chi connectivity index (χ2v) is 3.54. The molecule has 1 aliphatic rings. The first-order chi connectivity index (χ1) is 7.08. The Morgan fingerprint density at radius 3 is 2.40 bits per heavy atom. The summed E-state index contributed by atoms with van der Waals surface area (Å²) < 4.78 is 0. The number of nitrogens with one attached hydrogen (secondary N) is 2. The van der Waals surface area contributed by atoms with Crippen LogP contribution < -0.4 is 10.9 Å². The zero-order valence-corrected chi connectivity index (χ0v) is 8.71. The molecule has 15 heavy (non-hydrogen) atoms. The Morgan fingerprint density at radius 1 is 1.27 bits per heavy atom. The molecule has 1 saturated heterocycles. The van der Waals surface area contributed by atoms with E-state index in [1.807, 2.05) is 4.90 Å². The molecule has 0 aromatic carbocycles. The smallest absolute Gasteiger partial charge is 0.252 e. The Balaban J connectivity index is 2.20. The average Bonchev–Trinajstić information content (AvgIpc) is 2.19. The molecule has 84 valence electrons. The summed E-state index contributed by atoms with van der Waals surface area (Å²) in [7, 11) is 0. The molecule has 0 aromatic heterocycles. The van der Waals surface area contributed by atoms with Gasteiger partial charge in [0, 0.05) is 32.9 Å². The average molecular weight is 213 g/mol. The second-order valence-electron chi connectivity index (χ2n) is 3.54. The van der Waals surface area contributed by atoms with E-state index >= 15 is 0 Å².